The predicted octanol–water partition coefficient (Wildman–Crippen LogP) is 4.29. The molecule has 30 heavy (non-hydrogen) atoms. The van der Waals surface area contributed by atoms with Gasteiger partial charge in [0.25, 0.3) is 11.8 Å². The molecule has 2 aromatic carbocycles. The first kappa shape index (κ1) is 20.0. The molecule has 0 spiro atoms. The highest BCUT2D eigenvalue weighted by Gasteiger charge is 2.25. The second-order valence-corrected chi connectivity index (χ2v) is 7.29. The van der Waals surface area contributed by atoms with Gasteiger partial charge in [-0.2, -0.15) is 0 Å². The molecule has 3 aromatic rings. The maximum atomic E-state index is 13.9. The van der Waals surface area contributed by atoms with Crippen LogP contribution in [0.2, 0.25) is 5.02 Å². The van der Waals surface area contributed by atoms with Crippen molar-refractivity contribution in [3.63, 3.8) is 0 Å². The Labute approximate surface area is 177 Å². The number of carbonyl (C=O) groups excluding carboxylic acids is 2. The Balaban J connectivity index is 1.48. The first-order valence-electron chi connectivity index (χ1n) is 9.46. The van der Waals surface area contributed by atoms with Crippen LogP contribution in [0.4, 0.5) is 15.8 Å². The molecule has 1 saturated heterocycles. The van der Waals surface area contributed by atoms with Crippen LogP contribution in [0.15, 0.2) is 65.3 Å². The molecule has 1 aliphatic heterocycles. The Morgan fingerprint density at radius 3 is 2.47 bits per heavy atom. The molecule has 0 bridgehead atoms. The highest BCUT2D eigenvalue weighted by atomic mass is 35.5. The van der Waals surface area contributed by atoms with E-state index in [2.05, 4.69) is 10.2 Å². The van der Waals surface area contributed by atoms with Gasteiger partial charge in [0.1, 0.15) is 5.82 Å². The van der Waals surface area contributed by atoms with Gasteiger partial charge in [-0.3, -0.25) is 9.59 Å². The van der Waals surface area contributed by atoms with Crippen LogP contribution in [0, 0.1) is 5.82 Å². The summed E-state index contributed by atoms with van der Waals surface area (Å²) in [6.45, 7) is 1.93. The number of halogens is 2. The predicted molar refractivity (Wildman–Crippen MR) is 113 cm³/mol. The number of hydrogen-bond acceptors (Lipinski definition) is 4. The topological polar surface area (TPSA) is 65.8 Å². The highest BCUT2D eigenvalue weighted by molar-refractivity contribution is 6.31. The van der Waals surface area contributed by atoms with Crippen molar-refractivity contribution in [2.24, 2.45) is 0 Å². The van der Waals surface area contributed by atoms with E-state index in [9.17, 15) is 14.0 Å². The van der Waals surface area contributed by atoms with Crippen molar-refractivity contribution in [1.82, 2.24) is 4.90 Å². The minimum Gasteiger partial charge on any atom is -0.459 e. The number of carbonyl (C=O) groups is 2. The summed E-state index contributed by atoms with van der Waals surface area (Å²) in [4.78, 5) is 28.7. The third-order valence-electron chi connectivity index (χ3n) is 4.96. The van der Waals surface area contributed by atoms with Crippen molar-refractivity contribution in [2.45, 2.75) is 0 Å². The second kappa shape index (κ2) is 8.59. The molecule has 154 valence electrons. The molecular formula is C22H19ClFN3O3. The summed E-state index contributed by atoms with van der Waals surface area (Å²) in [5, 5.41) is 3.32. The minimum absolute atomic E-state index is 0.0730. The molecule has 2 amide bonds. The number of rotatable bonds is 4. The largest absolute Gasteiger partial charge is 0.459 e. The van der Waals surface area contributed by atoms with Gasteiger partial charge in [0.2, 0.25) is 0 Å². The number of nitrogens with zero attached hydrogens (tertiary/aromatic N) is 2. The molecule has 6 nitrogen and oxygen atoms in total. The lowest BCUT2D eigenvalue weighted by molar-refractivity contribution is 0.0742. The summed E-state index contributed by atoms with van der Waals surface area (Å²) in [5.74, 6) is -1.03. The summed E-state index contributed by atoms with van der Waals surface area (Å²) in [5.41, 5.74) is 1.42. The Kier molecular flexibility index (Phi) is 5.72. The van der Waals surface area contributed by atoms with Gasteiger partial charge in [0.15, 0.2) is 5.76 Å². The first-order valence-corrected chi connectivity index (χ1v) is 9.84. The van der Waals surface area contributed by atoms with E-state index < -0.39 is 5.82 Å². The van der Waals surface area contributed by atoms with Gasteiger partial charge in [-0.05, 0) is 42.5 Å². The van der Waals surface area contributed by atoms with Crippen LogP contribution in [0.3, 0.4) is 0 Å². The van der Waals surface area contributed by atoms with Crippen LogP contribution in [0.5, 0.6) is 0 Å². The number of piperazine rings is 1. The highest BCUT2D eigenvalue weighted by Crippen LogP contribution is 2.30. The van der Waals surface area contributed by atoms with Crippen LogP contribution in [-0.2, 0) is 0 Å². The zero-order valence-electron chi connectivity index (χ0n) is 16.0. The molecule has 1 aromatic heterocycles. The molecule has 0 radical (unpaired) electrons. The molecule has 0 aliphatic carbocycles. The molecule has 1 N–H and O–H groups in total. The quantitative estimate of drug-likeness (QED) is 0.674. The van der Waals surface area contributed by atoms with Gasteiger partial charge < -0.3 is 19.5 Å². The second-order valence-electron chi connectivity index (χ2n) is 6.85. The summed E-state index contributed by atoms with van der Waals surface area (Å²) in [6.07, 6.45) is 1.43. The summed E-state index contributed by atoms with van der Waals surface area (Å²) in [6, 6.07) is 14.4. The van der Waals surface area contributed by atoms with Crippen molar-refractivity contribution in [3.05, 3.63) is 83.0 Å². The minimum atomic E-state index is -0.523. The number of hydrogen-bond donors (Lipinski definition) is 1. The normalized spacial score (nSPS) is 13.9. The average molecular weight is 428 g/mol. The van der Waals surface area contributed by atoms with E-state index in [-0.39, 0.29) is 23.1 Å². The van der Waals surface area contributed by atoms with Crippen molar-refractivity contribution >= 4 is 34.8 Å². The number of furan rings is 1. The molecule has 1 aliphatic rings. The fourth-order valence-electron chi connectivity index (χ4n) is 3.43. The number of benzene rings is 2. The van der Waals surface area contributed by atoms with Crippen LogP contribution in [0.25, 0.3) is 0 Å². The number of nitrogens with one attached hydrogen (secondary N) is 1. The van der Waals surface area contributed by atoms with Crippen molar-refractivity contribution in [2.75, 3.05) is 36.4 Å². The van der Waals surface area contributed by atoms with Crippen LogP contribution in [-0.4, -0.2) is 42.9 Å². The first-order chi connectivity index (χ1) is 14.5. The lowest BCUT2D eigenvalue weighted by Gasteiger charge is -2.37. The SMILES string of the molecule is O=C(Nc1cc(Cl)ccc1N1CCN(C(=O)c2ccccc2F)CC1)c1ccco1. The van der Waals surface area contributed by atoms with E-state index in [1.54, 1.807) is 41.3 Å². The Hall–Kier alpha value is -3.32. The summed E-state index contributed by atoms with van der Waals surface area (Å²) >= 11 is 6.13. The van der Waals surface area contributed by atoms with Crippen LogP contribution < -0.4 is 10.2 Å². The van der Waals surface area contributed by atoms with Gasteiger partial charge in [0, 0.05) is 31.2 Å². The fourth-order valence-corrected chi connectivity index (χ4v) is 3.60. The lowest BCUT2D eigenvalue weighted by atomic mass is 10.1. The van der Waals surface area contributed by atoms with E-state index in [0.29, 0.717) is 36.9 Å². The van der Waals surface area contributed by atoms with Gasteiger partial charge in [-0.15, -0.1) is 0 Å². The standard InChI is InChI=1S/C22H19ClFN3O3/c23-15-7-8-19(18(14-15)25-21(28)20-6-3-13-30-20)26-9-11-27(12-10-26)22(29)16-4-1-2-5-17(16)24/h1-8,13-14H,9-12H2,(H,25,28). The molecule has 8 heteroatoms. The zero-order valence-corrected chi connectivity index (χ0v) is 16.7. The van der Waals surface area contributed by atoms with Gasteiger partial charge in [-0.1, -0.05) is 23.7 Å². The zero-order chi connectivity index (χ0) is 21.1. The third-order valence-corrected chi connectivity index (χ3v) is 5.20. The van der Waals surface area contributed by atoms with E-state index in [0.717, 1.165) is 5.69 Å². The monoisotopic (exact) mass is 427 g/mol. The lowest BCUT2D eigenvalue weighted by Crippen LogP contribution is -2.49. The Morgan fingerprint density at radius 2 is 1.77 bits per heavy atom. The van der Waals surface area contributed by atoms with E-state index in [4.69, 9.17) is 16.0 Å². The van der Waals surface area contributed by atoms with Crippen LogP contribution in [0.1, 0.15) is 20.9 Å². The maximum Gasteiger partial charge on any atom is 0.291 e. The molecule has 2 heterocycles. The maximum absolute atomic E-state index is 13.9. The molecule has 1 fully saturated rings. The van der Waals surface area contributed by atoms with Crippen molar-refractivity contribution < 1.29 is 18.4 Å². The van der Waals surface area contributed by atoms with E-state index >= 15 is 0 Å². The Bertz CT molecular complexity index is 1060. The molecule has 0 atom stereocenters. The van der Waals surface area contributed by atoms with Crippen molar-refractivity contribution in [1.29, 1.82) is 0 Å². The number of amides is 2. The van der Waals surface area contributed by atoms with Gasteiger partial charge >= 0.3 is 0 Å². The molecule has 4 rings (SSSR count). The number of anilines is 2. The molecule has 0 saturated carbocycles. The van der Waals surface area contributed by atoms with Crippen LogP contribution >= 0.6 is 11.6 Å². The average Bonchev–Trinajstić information content (AvgIpc) is 3.29. The fraction of sp³-hybridized carbons (Fsp3) is 0.182. The smallest absolute Gasteiger partial charge is 0.291 e. The summed E-state index contributed by atoms with van der Waals surface area (Å²) < 4.78 is 19.1. The molecular weight excluding hydrogens is 409 g/mol. The third kappa shape index (κ3) is 4.16. The summed E-state index contributed by atoms with van der Waals surface area (Å²) in [7, 11) is 0. The Morgan fingerprint density at radius 1 is 1.00 bits per heavy atom. The van der Waals surface area contributed by atoms with Gasteiger partial charge in [-0.25, -0.2) is 4.39 Å². The van der Waals surface area contributed by atoms with E-state index in [1.165, 1.54) is 18.4 Å². The van der Waals surface area contributed by atoms with Gasteiger partial charge in [0.05, 0.1) is 23.2 Å². The molecule has 0 unspecified atom stereocenters. The van der Waals surface area contributed by atoms with Crippen molar-refractivity contribution in [3.8, 4) is 0 Å². The van der Waals surface area contributed by atoms with E-state index in [1.807, 2.05) is 6.07 Å².